The van der Waals surface area contributed by atoms with Gasteiger partial charge >= 0.3 is 0 Å². The standard InChI is InChI=1S/C27H32N2O/c1-2-3-10-17-29(27(30)26-19-25(26)23-14-8-5-9-15-23)21-24-16-11-18-28(24)20-22-12-6-4-7-13-22/h4-9,11-16,18,25-26H,2-3,10,17,19-21H2,1H3/t25-,26+/m0/s1. The highest BCUT2D eigenvalue weighted by molar-refractivity contribution is 5.83. The topological polar surface area (TPSA) is 25.2 Å². The first-order chi connectivity index (χ1) is 14.8. The van der Waals surface area contributed by atoms with Crippen LogP contribution in [0.2, 0.25) is 0 Å². The van der Waals surface area contributed by atoms with Gasteiger partial charge in [0, 0.05) is 30.9 Å². The second-order valence-electron chi connectivity index (χ2n) is 8.44. The Bertz CT molecular complexity index is 932. The predicted molar refractivity (Wildman–Crippen MR) is 122 cm³/mol. The molecule has 3 heteroatoms. The second-order valence-corrected chi connectivity index (χ2v) is 8.44. The van der Waals surface area contributed by atoms with Crippen LogP contribution in [0.1, 0.15) is 55.3 Å². The number of hydrogen-bond donors (Lipinski definition) is 0. The zero-order valence-corrected chi connectivity index (χ0v) is 17.9. The first-order valence-electron chi connectivity index (χ1n) is 11.3. The molecule has 1 aliphatic rings. The molecule has 0 saturated heterocycles. The summed E-state index contributed by atoms with van der Waals surface area (Å²) in [6.07, 6.45) is 6.52. The molecule has 0 N–H and O–H groups in total. The van der Waals surface area contributed by atoms with Crippen molar-refractivity contribution in [1.29, 1.82) is 0 Å². The zero-order valence-electron chi connectivity index (χ0n) is 17.9. The van der Waals surface area contributed by atoms with E-state index in [1.165, 1.54) is 29.7 Å². The van der Waals surface area contributed by atoms with Gasteiger partial charge in [0.1, 0.15) is 0 Å². The Balaban J connectivity index is 1.45. The van der Waals surface area contributed by atoms with E-state index in [9.17, 15) is 4.79 Å². The van der Waals surface area contributed by atoms with E-state index in [0.29, 0.717) is 18.4 Å². The fourth-order valence-corrected chi connectivity index (χ4v) is 4.31. The van der Waals surface area contributed by atoms with Gasteiger partial charge in [-0.3, -0.25) is 4.79 Å². The van der Waals surface area contributed by atoms with Crippen LogP contribution in [-0.4, -0.2) is 21.9 Å². The van der Waals surface area contributed by atoms with Gasteiger partial charge in [0.05, 0.1) is 6.54 Å². The van der Waals surface area contributed by atoms with Gasteiger partial charge in [-0.15, -0.1) is 0 Å². The molecule has 1 heterocycles. The molecule has 0 spiro atoms. The molecular weight excluding hydrogens is 368 g/mol. The van der Waals surface area contributed by atoms with Crippen molar-refractivity contribution >= 4 is 5.91 Å². The Morgan fingerprint density at radius 2 is 1.70 bits per heavy atom. The first-order valence-corrected chi connectivity index (χ1v) is 11.3. The molecule has 156 valence electrons. The highest BCUT2D eigenvalue weighted by Gasteiger charge is 2.45. The molecule has 3 aromatic rings. The van der Waals surface area contributed by atoms with Crippen molar-refractivity contribution in [1.82, 2.24) is 9.47 Å². The van der Waals surface area contributed by atoms with Crippen molar-refractivity contribution in [3.63, 3.8) is 0 Å². The van der Waals surface area contributed by atoms with Crippen LogP contribution in [0.15, 0.2) is 79.0 Å². The van der Waals surface area contributed by atoms with E-state index in [0.717, 1.165) is 25.9 Å². The van der Waals surface area contributed by atoms with Gasteiger partial charge in [-0.1, -0.05) is 80.4 Å². The van der Waals surface area contributed by atoms with Crippen LogP contribution in [0.4, 0.5) is 0 Å². The molecule has 4 rings (SSSR count). The first kappa shape index (κ1) is 20.5. The van der Waals surface area contributed by atoms with E-state index in [2.05, 4.69) is 83.3 Å². The lowest BCUT2D eigenvalue weighted by Gasteiger charge is -2.24. The normalized spacial score (nSPS) is 17.6. The third-order valence-electron chi connectivity index (χ3n) is 6.15. The largest absolute Gasteiger partial charge is 0.345 e. The third kappa shape index (κ3) is 5.02. The summed E-state index contributed by atoms with van der Waals surface area (Å²) in [5.41, 5.74) is 3.79. The van der Waals surface area contributed by atoms with Crippen molar-refractivity contribution < 1.29 is 4.79 Å². The number of unbranched alkanes of at least 4 members (excludes halogenated alkanes) is 2. The Hall–Kier alpha value is -2.81. The summed E-state index contributed by atoms with van der Waals surface area (Å²) in [6, 6.07) is 25.3. The van der Waals surface area contributed by atoms with Crippen LogP contribution in [0, 0.1) is 5.92 Å². The maximum Gasteiger partial charge on any atom is 0.226 e. The van der Waals surface area contributed by atoms with E-state index in [4.69, 9.17) is 0 Å². The molecule has 0 bridgehead atoms. The molecule has 1 aliphatic carbocycles. The number of benzene rings is 2. The van der Waals surface area contributed by atoms with E-state index >= 15 is 0 Å². The number of carbonyl (C=O) groups excluding carboxylic acids is 1. The predicted octanol–water partition coefficient (Wildman–Crippen LogP) is 5.86. The average molecular weight is 401 g/mol. The fraction of sp³-hybridized carbons (Fsp3) is 0.370. The minimum Gasteiger partial charge on any atom is -0.345 e. The number of amides is 1. The van der Waals surface area contributed by atoms with Gasteiger partial charge in [-0.25, -0.2) is 0 Å². The van der Waals surface area contributed by atoms with Crippen molar-refractivity contribution in [3.8, 4) is 0 Å². The average Bonchev–Trinajstić information content (AvgIpc) is 3.48. The lowest BCUT2D eigenvalue weighted by Crippen LogP contribution is -2.34. The summed E-state index contributed by atoms with van der Waals surface area (Å²) in [4.78, 5) is 15.5. The smallest absolute Gasteiger partial charge is 0.226 e. The number of nitrogens with zero attached hydrogens (tertiary/aromatic N) is 2. The van der Waals surface area contributed by atoms with Crippen LogP contribution < -0.4 is 0 Å². The van der Waals surface area contributed by atoms with Gasteiger partial charge in [-0.2, -0.15) is 0 Å². The number of rotatable bonds is 10. The van der Waals surface area contributed by atoms with Crippen LogP contribution >= 0.6 is 0 Å². The van der Waals surface area contributed by atoms with Crippen molar-refractivity contribution in [2.45, 2.75) is 51.6 Å². The molecule has 3 nitrogen and oxygen atoms in total. The third-order valence-corrected chi connectivity index (χ3v) is 6.15. The lowest BCUT2D eigenvalue weighted by molar-refractivity contribution is -0.133. The van der Waals surface area contributed by atoms with Crippen LogP contribution in [-0.2, 0) is 17.9 Å². The van der Waals surface area contributed by atoms with Crippen LogP contribution in [0.5, 0.6) is 0 Å². The summed E-state index contributed by atoms with van der Waals surface area (Å²) >= 11 is 0. The molecule has 1 amide bonds. The minimum atomic E-state index is 0.145. The highest BCUT2D eigenvalue weighted by Crippen LogP contribution is 2.48. The molecule has 1 saturated carbocycles. The highest BCUT2D eigenvalue weighted by atomic mass is 16.2. The molecule has 1 aromatic heterocycles. The Labute approximate surface area is 180 Å². The van der Waals surface area contributed by atoms with E-state index < -0.39 is 0 Å². The van der Waals surface area contributed by atoms with Gasteiger partial charge in [0.25, 0.3) is 0 Å². The summed E-state index contributed by atoms with van der Waals surface area (Å²) in [5, 5.41) is 0. The van der Waals surface area contributed by atoms with Crippen molar-refractivity contribution in [2.75, 3.05) is 6.54 Å². The Morgan fingerprint density at radius 3 is 2.43 bits per heavy atom. The Morgan fingerprint density at radius 1 is 0.967 bits per heavy atom. The summed E-state index contributed by atoms with van der Waals surface area (Å²) in [5.74, 6) is 0.863. The van der Waals surface area contributed by atoms with E-state index in [-0.39, 0.29) is 5.92 Å². The fourth-order valence-electron chi connectivity index (χ4n) is 4.31. The molecule has 2 aromatic carbocycles. The maximum absolute atomic E-state index is 13.4. The molecule has 0 unspecified atom stereocenters. The molecule has 1 fully saturated rings. The van der Waals surface area contributed by atoms with Crippen molar-refractivity contribution in [3.05, 3.63) is 95.8 Å². The number of aromatic nitrogens is 1. The zero-order chi connectivity index (χ0) is 20.8. The van der Waals surface area contributed by atoms with Gasteiger partial charge in [0.2, 0.25) is 5.91 Å². The SMILES string of the molecule is CCCCCN(Cc1cccn1Cc1ccccc1)C(=O)[C@@H]1C[C@H]1c1ccccc1. The molecule has 2 atom stereocenters. The molecule has 0 aliphatic heterocycles. The van der Waals surface area contributed by atoms with E-state index in [1.807, 2.05) is 12.1 Å². The number of hydrogen-bond acceptors (Lipinski definition) is 1. The van der Waals surface area contributed by atoms with Crippen molar-refractivity contribution in [2.24, 2.45) is 5.92 Å². The monoisotopic (exact) mass is 400 g/mol. The lowest BCUT2D eigenvalue weighted by atomic mass is 10.1. The second kappa shape index (κ2) is 9.80. The van der Waals surface area contributed by atoms with Crippen LogP contribution in [0.3, 0.4) is 0 Å². The Kier molecular flexibility index (Phi) is 6.68. The quantitative estimate of drug-likeness (QED) is 0.391. The van der Waals surface area contributed by atoms with E-state index in [1.54, 1.807) is 0 Å². The van der Waals surface area contributed by atoms with Gasteiger partial charge in [0.15, 0.2) is 0 Å². The van der Waals surface area contributed by atoms with Crippen LogP contribution in [0.25, 0.3) is 0 Å². The minimum absolute atomic E-state index is 0.145. The van der Waals surface area contributed by atoms with Gasteiger partial charge in [-0.05, 0) is 42.0 Å². The summed E-state index contributed by atoms with van der Waals surface area (Å²) in [7, 11) is 0. The maximum atomic E-state index is 13.4. The number of carbonyl (C=O) groups is 1. The summed E-state index contributed by atoms with van der Waals surface area (Å²) < 4.78 is 2.27. The molecule has 0 radical (unpaired) electrons. The van der Waals surface area contributed by atoms with Gasteiger partial charge < -0.3 is 9.47 Å². The summed E-state index contributed by atoms with van der Waals surface area (Å²) in [6.45, 7) is 4.60. The molecule has 30 heavy (non-hydrogen) atoms. The molecular formula is C27H32N2O.